The van der Waals surface area contributed by atoms with E-state index >= 15 is 0 Å². The van der Waals surface area contributed by atoms with Gasteiger partial charge in [-0.2, -0.15) is 0 Å². The Hall–Kier alpha value is -1.85. The Balaban J connectivity index is 1.80. The Bertz CT molecular complexity index is 612. The molecule has 0 radical (unpaired) electrons. The molecule has 22 heavy (non-hydrogen) atoms. The van der Waals surface area contributed by atoms with Gasteiger partial charge in [-0.05, 0) is 37.9 Å². The van der Waals surface area contributed by atoms with Crippen LogP contribution in [-0.4, -0.2) is 42.8 Å². The number of carbonyl (C=O) groups is 1. The first kappa shape index (κ1) is 15.1. The van der Waals surface area contributed by atoms with Crippen molar-refractivity contribution in [3.63, 3.8) is 0 Å². The van der Waals surface area contributed by atoms with Gasteiger partial charge in [0.1, 0.15) is 11.3 Å². The van der Waals surface area contributed by atoms with Crippen LogP contribution in [-0.2, 0) is 9.53 Å². The molecule has 1 atom stereocenters. The van der Waals surface area contributed by atoms with Gasteiger partial charge in [-0.25, -0.2) is 0 Å². The first-order valence-electron chi connectivity index (χ1n) is 7.64. The van der Waals surface area contributed by atoms with Crippen LogP contribution in [0.4, 0.5) is 0 Å². The molecule has 0 spiro atoms. The van der Waals surface area contributed by atoms with Crippen LogP contribution in [0, 0.1) is 5.92 Å². The summed E-state index contributed by atoms with van der Waals surface area (Å²) in [5.41, 5.74) is 0.725. The van der Waals surface area contributed by atoms with Crippen molar-refractivity contribution in [1.82, 2.24) is 4.90 Å². The minimum absolute atomic E-state index is 0.477. The van der Waals surface area contributed by atoms with Crippen molar-refractivity contribution >= 4 is 16.9 Å². The van der Waals surface area contributed by atoms with Crippen LogP contribution in [0.25, 0.3) is 11.0 Å². The molecule has 3 rings (SSSR count). The highest BCUT2D eigenvalue weighted by atomic mass is 16.5. The topological polar surface area (TPSA) is 62.9 Å². The molecule has 1 aliphatic heterocycles. The van der Waals surface area contributed by atoms with Crippen molar-refractivity contribution in [1.29, 1.82) is 0 Å². The van der Waals surface area contributed by atoms with Gasteiger partial charge in [0.25, 0.3) is 0 Å². The SMILES string of the molecule is CN(CC1CCOCC1)[C@H](C(=O)O)c1cc2ccccc2o1. The average Bonchev–Trinajstić information content (AvgIpc) is 2.91. The van der Waals surface area contributed by atoms with Crippen molar-refractivity contribution < 1.29 is 19.1 Å². The lowest BCUT2D eigenvalue weighted by Gasteiger charge is -2.29. The predicted octanol–water partition coefficient (Wildman–Crippen LogP) is 2.92. The van der Waals surface area contributed by atoms with Crippen LogP contribution in [0.5, 0.6) is 0 Å². The van der Waals surface area contributed by atoms with E-state index in [-0.39, 0.29) is 0 Å². The third kappa shape index (κ3) is 3.15. The Morgan fingerprint density at radius 1 is 1.36 bits per heavy atom. The molecule has 0 amide bonds. The molecule has 118 valence electrons. The number of carboxylic acid groups (broad SMARTS) is 1. The highest BCUT2D eigenvalue weighted by Gasteiger charge is 2.30. The number of fused-ring (bicyclic) bond motifs is 1. The third-order valence-corrected chi connectivity index (χ3v) is 4.28. The highest BCUT2D eigenvalue weighted by molar-refractivity contribution is 5.81. The van der Waals surface area contributed by atoms with Crippen molar-refractivity contribution in [3.8, 4) is 0 Å². The maximum Gasteiger partial charge on any atom is 0.328 e. The lowest BCUT2D eigenvalue weighted by atomic mass is 9.99. The number of rotatable bonds is 5. The summed E-state index contributed by atoms with van der Waals surface area (Å²) in [6.07, 6.45) is 1.97. The lowest BCUT2D eigenvalue weighted by Crippen LogP contribution is -2.36. The third-order valence-electron chi connectivity index (χ3n) is 4.28. The quantitative estimate of drug-likeness (QED) is 0.920. The number of carboxylic acids is 1. The molecule has 2 aromatic rings. The molecule has 1 fully saturated rings. The van der Waals surface area contributed by atoms with E-state index in [1.54, 1.807) is 0 Å². The monoisotopic (exact) mass is 303 g/mol. The second-order valence-corrected chi connectivity index (χ2v) is 5.92. The molecule has 1 saturated heterocycles. The first-order valence-corrected chi connectivity index (χ1v) is 7.64. The summed E-state index contributed by atoms with van der Waals surface area (Å²) >= 11 is 0. The summed E-state index contributed by atoms with van der Waals surface area (Å²) in [7, 11) is 1.85. The van der Waals surface area contributed by atoms with E-state index in [0.29, 0.717) is 11.7 Å². The largest absolute Gasteiger partial charge is 0.480 e. The summed E-state index contributed by atoms with van der Waals surface area (Å²) in [6.45, 7) is 2.26. The normalized spacial score (nSPS) is 17.9. The Kier molecular flexibility index (Phi) is 4.45. The number of aliphatic carboxylic acids is 1. The molecule has 1 aromatic carbocycles. The zero-order valence-electron chi connectivity index (χ0n) is 12.7. The van der Waals surface area contributed by atoms with Gasteiger partial charge in [0, 0.05) is 25.1 Å². The molecule has 0 saturated carbocycles. The van der Waals surface area contributed by atoms with E-state index in [4.69, 9.17) is 9.15 Å². The molecule has 5 heteroatoms. The van der Waals surface area contributed by atoms with Crippen molar-refractivity contribution in [3.05, 3.63) is 36.1 Å². The summed E-state index contributed by atoms with van der Waals surface area (Å²) in [5, 5.41) is 10.6. The second kappa shape index (κ2) is 6.50. The fraction of sp³-hybridized carbons (Fsp3) is 0.471. The zero-order valence-corrected chi connectivity index (χ0v) is 12.7. The number of hydrogen-bond acceptors (Lipinski definition) is 4. The van der Waals surface area contributed by atoms with Gasteiger partial charge >= 0.3 is 5.97 Å². The van der Waals surface area contributed by atoms with Crippen LogP contribution in [0.3, 0.4) is 0 Å². The van der Waals surface area contributed by atoms with Gasteiger partial charge in [-0.3, -0.25) is 9.69 Å². The summed E-state index contributed by atoms with van der Waals surface area (Å²) in [5.74, 6) is 0.0850. The van der Waals surface area contributed by atoms with E-state index in [1.807, 2.05) is 42.3 Å². The molecule has 0 unspecified atom stereocenters. The predicted molar refractivity (Wildman–Crippen MR) is 82.8 cm³/mol. The summed E-state index contributed by atoms with van der Waals surface area (Å²) < 4.78 is 11.1. The van der Waals surface area contributed by atoms with Crippen LogP contribution in [0.2, 0.25) is 0 Å². The average molecular weight is 303 g/mol. The Morgan fingerprint density at radius 2 is 2.09 bits per heavy atom. The number of ether oxygens (including phenoxy) is 1. The molecular formula is C17H21NO4. The smallest absolute Gasteiger partial charge is 0.328 e. The van der Waals surface area contributed by atoms with Gasteiger partial charge in [0.05, 0.1) is 0 Å². The molecule has 2 heterocycles. The van der Waals surface area contributed by atoms with Crippen LogP contribution in [0.15, 0.2) is 34.7 Å². The van der Waals surface area contributed by atoms with Crippen molar-refractivity contribution in [2.45, 2.75) is 18.9 Å². The van der Waals surface area contributed by atoms with Crippen molar-refractivity contribution in [2.24, 2.45) is 5.92 Å². The number of nitrogens with zero attached hydrogens (tertiary/aromatic N) is 1. The standard InChI is InChI=1S/C17H21NO4/c1-18(11-12-6-8-21-9-7-12)16(17(19)20)15-10-13-4-2-3-5-14(13)22-15/h2-5,10,12,16H,6-9,11H2,1H3,(H,19,20)/t16-/m0/s1. The Morgan fingerprint density at radius 3 is 2.77 bits per heavy atom. The molecule has 1 aromatic heterocycles. The molecule has 0 bridgehead atoms. The fourth-order valence-corrected chi connectivity index (χ4v) is 3.11. The van der Waals surface area contributed by atoms with E-state index in [2.05, 4.69) is 0 Å². The summed E-state index contributed by atoms with van der Waals surface area (Å²) in [6, 6.07) is 8.67. The number of likely N-dealkylation sites (N-methyl/N-ethyl adjacent to an activating group) is 1. The van der Waals surface area contributed by atoms with Gasteiger partial charge in [-0.1, -0.05) is 18.2 Å². The van der Waals surface area contributed by atoms with E-state index in [9.17, 15) is 9.90 Å². The molecule has 1 N–H and O–H groups in total. The Labute approximate surface area is 129 Å². The fourth-order valence-electron chi connectivity index (χ4n) is 3.11. The molecule has 0 aliphatic carbocycles. The van der Waals surface area contributed by atoms with Crippen LogP contribution < -0.4 is 0 Å². The maximum absolute atomic E-state index is 11.7. The number of furan rings is 1. The van der Waals surface area contributed by atoms with Crippen molar-refractivity contribution in [2.75, 3.05) is 26.8 Å². The van der Waals surface area contributed by atoms with Gasteiger partial charge < -0.3 is 14.3 Å². The minimum Gasteiger partial charge on any atom is -0.480 e. The summed E-state index contributed by atoms with van der Waals surface area (Å²) in [4.78, 5) is 13.6. The maximum atomic E-state index is 11.7. The number of para-hydroxylation sites is 1. The van der Waals surface area contributed by atoms with Gasteiger partial charge in [-0.15, -0.1) is 0 Å². The molecule has 5 nitrogen and oxygen atoms in total. The first-order chi connectivity index (χ1) is 10.6. The minimum atomic E-state index is -0.881. The van der Waals surface area contributed by atoms with Gasteiger partial charge in [0.15, 0.2) is 6.04 Å². The van der Waals surface area contributed by atoms with Crippen LogP contribution in [0.1, 0.15) is 24.6 Å². The van der Waals surface area contributed by atoms with E-state index in [0.717, 1.165) is 43.6 Å². The van der Waals surface area contributed by atoms with Crippen LogP contribution >= 0.6 is 0 Å². The van der Waals surface area contributed by atoms with Gasteiger partial charge in [0.2, 0.25) is 0 Å². The highest BCUT2D eigenvalue weighted by Crippen LogP contribution is 2.28. The molecular weight excluding hydrogens is 282 g/mol. The second-order valence-electron chi connectivity index (χ2n) is 5.92. The van der Waals surface area contributed by atoms with E-state index < -0.39 is 12.0 Å². The molecule has 1 aliphatic rings. The lowest BCUT2D eigenvalue weighted by molar-refractivity contribution is -0.144. The number of hydrogen-bond donors (Lipinski definition) is 1. The zero-order chi connectivity index (χ0) is 15.5. The van der Waals surface area contributed by atoms with E-state index in [1.165, 1.54) is 0 Å². The number of benzene rings is 1.